The van der Waals surface area contributed by atoms with Crippen molar-refractivity contribution in [3.63, 3.8) is 0 Å². The Hall–Kier alpha value is -2.15. The minimum absolute atomic E-state index is 0.247. The van der Waals surface area contributed by atoms with Gasteiger partial charge in [0.15, 0.2) is 5.82 Å². The maximum Gasteiger partial charge on any atom is 0.254 e. The monoisotopic (exact) mass is 266 g/mol. The third kappa shape index (κ3) is 2.40. The van der Waals surface area contributed by atoms with Gasteiger partial charge < -0.3 is 11.1 Å². The van der Waals surface area contributed by atoms with Crippen LogP contribution in [0.4, 0.5) is 5.69 Å². The second kappa shape index (κ2) is 5.01. The summed E-state index contributed by atoms with van der Waals surface area (Å²) >= 11 is 5.85. The zero-order valence-electron chi connectivity index (χ0n) is 9.51. The summed E-state index contributed by atoms with van der Waals surface area (Å²) < 4.78 is 0. The van der Waals surface area contributed by atoms with Crippen LogP contribution < -0.4 is 11.1 Å². The van der Waals surface area contributed by atoms with Crippen molar-refractivity contribution in [1.82, 2.24) is 25.9 Å². The lowest BCUT2D eigenvalue weighted by Crippen LogP contribution is -2.28. The number of rotatable bonds is 3. The van der Waals surface area contributed by atoms with E-state index in [9.17, 15) is 4.79 Å². The number of para-hydroxylation sites is 1. The molecule has 1 unspecified atom stereocenters. The van der Waals surface area contributed by atoms with Gasteiger partial charge >= 0.3 is 0 Å². The van der Waals surface area contributed by atoms with Crippen molar-refractivity contribution in [3.05, 3.63) is 34.6 Å². The highest BCUT2D eigenvalue weighted by molar-refractivity contribution is 6.33. The molecule has 0 aliphatic rings. The standard InChI is InChI=1S/C10H11ClN6O/c1-5(9-14-16-17-15-9)13-10(18)6-3-2-4-7(11)8(6)12/h2-5H,12H2,1H3,(H,13,18)(H,14,15,16,17). The van der Waals surface area contributed by atoms with E-state index in [1.165, 1.54) is 0 Å². The Morgan fingerprint density at radius 3 is 3.00 bits per heavy atom. The van der Waals surface area contributed by atoms with Crippen LogP contribution in [0.1, 0.15) is 29.1 Å². The van der Waals surface area contributed by atoms with Gasteiger partial charge in [0.2, 0.25) is 0 Å². The van der Waals surface area contributed by atoms with E-state index in [0.29, 0.717) is 16.4 Å². The summed E-state index contributed by atoms with van der Waals surface area (Å²) in [5.41, 5.74) is 6.30. The van der Waals surface area contributed by atoms with E-state index in [-0.39, 0.29) is 17.6 Å². The summed E-state index contributed by atoms with van der Waals surface area (Å²) in [5, 5.41) is 16.4. The largest absolute Gasteiger partial charge is 0.397 e. The van der Waals surface area contributed by atoms with Crippen LogP contribution in [-0.4, -0.2) is 26.5 Å². The number of amides is 1. The van der Waals surface area contributed by atoms with Gasteiger partial charge in [-0.05, 0) is 19.1 Å². The number of carbonyl (C=O) groups is 1. The maximum atomic E-state index is 12.0. The van der Waals surface area contributed by atoms with E-state index in [4.69, 9.17) is 17.3 Å². The van der Waals surface area contributed by atoms with Crippen molar-refractivity contribution in [3.8, 4) is 0 Å². The summed E-state index contributed by atoms with van der Waals surface area (Å²) in [7, 11) is 0. The molecule has 4 N–H and O–H groups in total. The average molecular weight is 267 g/mol. The lowest BCUT2D eigenvalue weighted by atomic mass is 10.1. The Labute approximate surface area is 108 Å². The zero-order chi connectivity index (χ0) is 13.1. The van der Waals surface area contributed by atoms with Crippen LogP contribution in [0, 0.1) is 0 Å². The van der Waals surface area contributed by atoms with Gasteiger partial charge in [0.25, 0.3) is 5.91 Å². The Kier molecular flexibility index (Phi) is 3.42. The Morgan fingerprint density at radius 1 is 1.56 bits per heavy atom. The van der Waals surface area contributed by atoms with Gasteiger partial charge in [0.05, 0.1) is 22.3 Å². The molecule has 1 heterocycles. The maximum absolute atomic E-state index is 12.0. The van der Waals surface area contributed by atoms with Gasteiger partial charge in [0.1, 0.15) is 0 Å². The summed E-state index contributed by atoms with van der Waals surface area (Å²) in [5.74, 6) is 0.0521. The van der Waals surface area contributed by atoms with Crippen molar-refractivity contribution < 1.29 is 4.79 Å². The molecule has 0 saturated carbocycles. The summed E-state index contributed by atoms with van der Waals surface area (Å²) in [6.07, 6.45) is 0. The molecule has 0 radical (unpaired) electrons. The fraction of sp³-hybridized carbons (Fsp3) is 0.200. The Bertz CT molecular complexity index is 556. The molecule has 0 spiro atoms. The first-order chi connectivity index (χ1) is 8.59. The Morgan fingerprint density at radius 2 is 2.33 bits per heavy atom. The molecule has 1 aromatic carbocycles. The number of nitrogens with two attached hydrogens (primary N) is 1. The van der Waals surface area contributed by atoms with Gasteiger partial charge in [-0.1, -0.05) is 22.9 Å². The first-order valence-electron chi connectivity index (χ1n) is 5.17. The van der Waals surface area contributed by atoms with Crippen molar-refractivity contribution >= 4 is 23.2 Å². The van der Waals surface area contributed by atoms with E-state index in [1.54, 1.807) is 25.1 Å². The number of H-pyrrole nitrogens is 1. The van der Waals surface area contributed by atoms with Crippen molar-refractivity contribution in [1.29, 1.82) is 0 Å². The molecule has 1 atom stereocenters. The summed E-state index contributed by atoms with van der Waals surface area (Å²) in [6.45, 7) is 1.74. The number of nitrogen functional groups attached to an aromatic ring is 1. The zero-order valence-corrected chi connectivity index (χ0v) is 10.3. The average Bonchev–Trinajstić information content (AvgIpc) is 2.86. The van der Waals surface area contributed by atoms with Gasteiger partial charge in [-0.3, -0.25) is 4.79 Å². The molecule has 0 bridgehead atoms. The highest BCUT2D eigenvalue weighted by Gasteiger charge is 2.17. The van der Waals surface area contributed by atoms with Crippen LogP contribution in [0.25, 0.3) is 0 Å². The minimum Gasteiger partial charge on any atom is -0.397 e. The minimum atomic E-state index is -0.380. The molecule has 2 aromatic rings. The van der Waals surface area contributed by atoms with Crippen LogP contribution in [0.5, 0.6) is 0 Å². The van der Waals surface area contributed by atoms with Gasteiger partial charge in [-0.15, -0.1) is 10.2 Å². The quantitative estimate of drug-likeness (QED) is 0.716. The number of aromatic amines is 1. The normalized spacial score (nSPS) is 12.1. The third-order valence-corrected chi connectivity index (χ3v) is 2.72. The second-order valence-electron chi connectivity index (χ2n) is 3.67. The fourth-order valence-corrected chi connectivity index (χ4v) is 1.60. The number of nitrogens with zero attached hydrogens (tertiary/aromatic N) is 3. The molecule has 94 valence electrons. The molecule has 18 heavy (non-hydrogen) atoms. The molecule has 0 fully saturated rings. The van der Waals surface area contributed by atoms with E-state index in [0.717, 1.165) is 0 Å². The van der Waals surface area contributed by atoms with Crippen LogP contribution in [0.2, 0.25) is 5.02 Å². The molecule has 0 aliphatic heterocycles. The lowest BCUT2D eigenvalue weighted by Gasteiger charge is -2.11. The SMILES string of the molecule is CC(NC(=O)c1cccc(Cl)c1N)c1nn[nH]n1. The number of benzene rings is 1. The molecule has 0 saturated heterocycles. The van der Waals surface area contributed by atoms with Crippen LogP contribution in [0.15, 0.2) is 18.2 Å². The smallest absolute Gasteiger partial charge is 0.254 e. The van der Waals surface area contributed by atoms with Crippen LogP contribution >= 0.6 is 11.6 Å². The number of tetrazole rings is 1. The number of aromatic nitrogens is 4. The predicted molar refractivity (Wildman–Crippen MR) is 65.9 cm³/mol. The molecule has 1 amide bonds. The lowest BCUT2D eigenvalue weighted by molar-refractivity contribution is 0.0939. The number of nitrogens with one attached hydrogen (secondary N) is 2. The number of hydrogen-bond acceptors (Lipinski definition) is 5. The van der Waals surface area contributed by atoms with E-state index in [1.807, 2.05) is 0 Å². The van der Waals surface area contributed by atoms with Gasteiger partial charge in [-0.2, -0.15) is 5.21 Å². The van der Waals surface area contributed by atoms with Crippen molar-refractivity contribution in [2.45, 2.75) is 13.0 Å². The molecular weight excluding hydrogens is 256 g/mol. The van der Waals surface area contributed by atoms with Crippen molar-refractivity contribution in [2.75, 3.05) is 5.73 Å². The fourth-order valence-electron chi connectivity index (χ4n) is 1.43. The van der Waals surface area contributed by atoms with E-state index >= 15 is 0 Å². The van der Waals surface area contributed by atoms with E-state index in [2.05, 4.69) is 25.9 Å². The van der Waals surface area contributed by atoms with Crippen LogP contribution in [-0.2, 0) is 0 Å². The molecule has 2 rings (SSSR count). The molecule has 1 aromatic heterocycles. The van der Waals surface area contributed by atoms with Crippen LogP contribution in [0.3, 0.4) is 0 Å². The third-order valence-electron chi connectivity index (χ3n) is 2.39. The Balaban J connectivity index is 2.15. The number of halogens is 1. The molecule has 7 nitrogen and oxygen atoms in total. The first-order valence-corrected chi connectivity index (χ1v) is 5.55. The van der Waals surface area contributed by atoms with Crippen molar-refractivity contribution in [2.24, 2.45) is 0 Å². The number of anilines is 1. The summed E-state index contributed by atoms with van der Waals surface area (Å²) in [4.78, 5) is 12.0. The second-order valence-corrected chi connectivity index (χ2v) is 4.07. The van der Waals surface area contributed by atoms with E-state index < -0.39 is 0 Å². The molecular formula is C10H11ClN6O. The highest BCUT2D eigenvalue weighted by atomic mass is 35.5. The highest BCUT2D eigenvalue weighted by Crippen LogP contribution is 2.22. The first kappa shape index (κ1) is 12.3. The number of carbonyl (C=O) groups excluding carboxylic acids is 1. The predicted octanol–water partition coefficient (Wildman–Crippen LogP) is 0.926. The number of hydrogen-bond donors (Lipinski definition) is 3. The molecule has 0 aliphatic carbocycles. The molecule has 8 heteroatoms. The summed E-state index contributed by atoms with van der Waals surface area (Å²) in [6, 6.07) is 4.50. The van der Waals surface area contributed by atoms with Gasteiger partial charge in [0, 0.05) is 0 Å². The topological polar surface area (TPSA) is 110 Å². The van der Waals surface area contributed by atoms with Gasteiger partial charge in [-0.25, -0.2) is 0 Å².